The van der Waals surface area contributed by atoms with E-state index >= 15 is 0 Å². The van der Waals surface area contributed by atoms with Gasteiger partial charge < -0.3 is 15.8 Å². The number of alkyl carbamates (subject to hydrolysis) is 1. The van der Waals surface area contributed by atoms with E-state index in [4.69, 9.17) is 10.5 Å². The Balaban J connectivity index is 1.58. The molecule has 1 atom stereocenters. The number of benzene rings is 1. The quantitative estimate of drug-likeness (QED) is 0.831. The Kier molecular flexibility index (Phi) is 6.35. The molecule has 2 fully saturated rings. The number of carbonyl (C=O) groups is 1. The van der Waals surface area contributed by atoms with Gasteiger partial charge in [-0.1, -0.05) is 24.3 Å². The Hall–Kier alpha value is -2.10. The maximum Gasteiger partial charge on any atom is 0.407 e. The normalized spacial score (nSPS) is 28.5. The van der Waals surface area contributed by atoms with Crippen molar-refractivity contribution in [1.29, 1.82) is 5.26 Å². The summed E-state index contributed by atoms with van der Waals surface area (Å²) in [4.78, 5) is 14.1. The molecule has 146 valence electrons. The van der Waals surface area contributed by atoms with Gasteiger partial charge in [-0.3, -0.25) is 4.90 Å². The summed E-state index contributed by atoms with van der Waals surface area (Å²) in [7, 11) is 0. The predicted octanol–water partition coefficient (Wildman–Crippen LogP) is 2.67. The second-order valence-electron chi connectivity index (χ2n) is 7.67. The third kappa shape index (κ3) is 4.42. The van der Waals surface area contributed by atoms with E-state index in [0.717, 1.165) is 56.3 Å². The zero-order valence-electron chi connectivity index (χ0n) is 16.1. The molecule has 0 unspecified atom stereocenters. The molecule has 2 aliphatic rings. The van der Waals surface area contributed by atoms with E-state index in [0.29, 0.717) is 19.2 Å². The second-order valence-corrected chi connectivity index (χ2v) is 7.67. The minimum absolute atomic E-state index is 0.160. The van der Waals surface area contributed by atoms with Crippen LogP contribution in [0.1, 0.15) is 50.2 Å². The van der Waals surface area contributed by atoms with E-state index in [-0.39, 0.29) is 12.1 Å². The van der Waals surface area contributed by atoms with E-state index in [1.807, 2.05) is 19.1 Å². The SMILES string of the molecule is CCOC(=O)N[C@H]1CCN(C2CCC(C#N)(c3cccc(CN)c3)CC2)C1. The maximum atomic E-state index is 11.6. The number of nitrogens with zero attached hydrogens (tertiary/aromatic N) is 2. The first kappa shape index (κ1) is 19.7. The third-order valence-electron chi connectivity index (χ3n) is 6.07. The van der Waals surface area contributed by atoms with Crippen molar-refractivity contribution in [2.24, 2.45) is 5.73 Å². The fraction of sp³-hybridized carbons (Fsp3) is 0.619. The molecule has 1 amide bonds. The zero-order valence-corrected chi connectivity index (χ0v) is 16.1. The number of likely N-dealkylation sites (tertiary alicyclic amines) is 1. The van der Waals surface area contributed by atoms with Gasteiger partial charge in [-0.05, 0) is 50.2 Å². The largest absolute Gasteiger partial charge is 0.450 e. The average molecular weight is 370 g/mol. The number of rotatable bonds is 5. The summed E-state index contributed by atoms with van der Waals surface area (Å²) in [5.41, 5.74) is 7.56. The van der Waals surface area contributed by atoms with Gasteiger partial charge >= 0.3 is 6.09 Å². The van der Waals surface area contributed by atoms with Crippen LogP contribution in [0.4, 0.5) is 4.79 Å². The standard InChI is InChI=1S/C21H30N4O2/c1-2-27-20(26)24-18-8-11-25(14-18)19-6-9-21(15-23,10-7-19)17-5-3-4-16(12-17)13-22/h3-5,12,18-19H,2,6-11,13-14,22H2,1H3,(H,24,26)/t18-,19?,21?/m0/s1. The summed E-state index contributed by atoms with van der Waals surface area (Å²) in [5.74, 6) is 0. The van der Waals surface area contributed by atoms with Crippen molar-refractivity contribution in [3.8, 4) is 6.07 Å². The molecule has 1 heterocycles. The molecule has 1 aliphatic carbocycles. The van der Waals surface area contributed by atoms with E-state index in [9.17, 15) is 10.1 Å². The Labute approximate surface area is 161 Å². The molecule has 0 bridgehead atoms. The summed E-state index contributed by atoms with van der Waals surface area (Å²) in [5, 5.41) is 12.9. The van der Waals surface area contributed by atoms with Crippen molar-refractivity contribution in [3.63, 3.8) is 0 Å². The number of carbonyl (C=O) groups excluding carboxylic acids is 1. The van der Waals surface area contributed by atoms with Crippen LogP contribution in [0.3, 0.4) is 0 Å². The number of amides is 1. The van der Waals surface area contributed by atoms with Crippen LogP contribution in [-0.4, -0.2) is 42.8 Å². The lowest BCUT2D eigenvalue weighted by atomic mass is 9.69. The molecule has 1 aromatic rings. The second kappa shape index (κ2) is 8.73. The van der Waals surface area contributed by atoms with Crippen molar-refractivity contribution < 1.29 is 9.53 Å². The van der Waals surface area contributed by atoms with E-state index < -0.39 is 5.41 Å². The highest BCUT2D eigenvalue weighted by atomic mass is 16.5. The zero-order chi connectivity index (χ0) is 19.3. The van der Waals surface area contributed by atoms with Crippen LogP contribution < -0.4 is 11.1 Å². The number of hydrogen-bond donors (Lipinski definition) is 2. The van der Waals surface area contributed by atoms with Crippen LogP contribution in [0.25, 0.3) is 0 Å². The van der Waals surface area contributed by atoms with Crippen LogP contribution in [0, 0.1) is 11.3 Å². The first-order chi connectivity index (χ1) is 13.1. The molecule has 1 aromatic carbocycles. The topological polar surface area (TPSA) is 91.4 Å². The molecule has 3 rings (SSSR count). The van der Waals surface area contributed by atoms with Crippen molar-refractivity contribution in [1.82, 2.24) is 10.2 Å². The van der Waals surface area contributed by atoms with Crippen molar-refractivity contribution in [2.75, 3.05) is 19.7 Å². The van der Waals surface area contributed by atoms with E-state index in [1.54, 1.807) is 0 Å². The Morgan fingerprint density at radius 1 is 1.41 bits per heavy atom. The van der Waals surface area contributed by atoms with E-state index in [1.165, 1.54) is 0 Å². The summed E-state index contributed by atoms with van der Waals surface area (Å²) in [6.07, 6.45) is 4.39. The Bertz CT molecular complexity index is 692. The lowest BCUT2D eigenvalue weighted by Crippen LogP contribution is -2.43. The minimum atomic E-state index is -0.399. The summed E-state index contributed by atoms with van der Waals surface area (Å²) in [6, 6.07) is 11.4. The maximum absolute atomic E-state index is 11.6. The number of nitriles is 1. The van der Waals surface area contributed by atoms with Gasteiger partial charge in [0.25, 0.3) is 0 Å². The first-order valence-corrected chi connectivity index (χ1v) is 9.98. The van der Waals surface area contributed by atoms with Gasteiger partial charge in [0.2, 0.25) is 0 Å². The average Bonchev–Trinajstić information content (AvgIpc) is 3.16. The monoisotopic (exact) mass is 370 g/mol. The highest BCUT2D eigenvalue weighted by Crippen LogP contribution is 2.41. The summed E-state index contributed by atoms with van der Waals surface area (Å²) in [6.45, 7) is 4.57. The van der Waals surface area contributed by atoms with Crippen molar-refractivity contribution >= 4 is 6.09 Å². The van der Waals surface area contributed by atoms with Crippen LogP contribution in [0.15, 0.2) is 24.3 Å². The fourth-order valence-corrected chi connectivity index (χ4v) is 4.50. The number of ether oxygens (including phenoxy) is 1. The number of nitrogens with two attached hydrogens (primary N) is 1. The molecule has 27 heavy (non-hydrogen) atoms. The molecular formula is C21H30N4O2. The molecule has 6 nitrogen and oxygen atoms in total. The Morgan fingerprint density at radius 3 is 2.85 bits per heavy atom. The summed E-state index contributed by atoms with van der Waals surface area (Å²) < 4.78 is 4.98. The number of hydrogen-bond acceptors (Lipinski definition) is 5. The molecule has 0 aromatic heterocycles. The molecule has 0 radical (unpaired) electrons. The van der Waals surface area contributed by atoms with Gasteiger partial charge in [0.1, 0.15) is 0 Å². The van der Waals surface area contributed by atoms with Crippen molar-refractivity contribution in [3.05, 3.63) is 35.4 Å². The van der Waals surface area contributed by atoms with Gasteiger partial charge in [0.05, 0.1) is 18.1 Å². The smallest absolute Gasteiger partial charge is 0.407 e. The lowest BCUT2D eigenvalue weighted by Gasteiger charge is -2.39. The third-order valence-corrected chi connectivity index (χ3v) is 6.07. The van der Waals surface area contributed by atoms with Gasteiger partial charge in [-0.25, -0.2) is 4.79 Å². The van der Waals surface area contributed by atoms with Gasteiger partial charge in [0, 0.05) is 31.7 Å². The van der Waals surface area contributed by atoms with Crippen LogP contribution in [0.2, 0.25) is 0 Å². The lowest BCUT2D eigenvalue weighted by molar-refractivity contribution is 0.143. The van der Waals surface area contributed by atoms with Crippen LogP contribution >= 0.6 is 0 Å². The molecule has 6 heteroatoms. The summed E-state index contributed by atoms with van der Waals surface area (Å²) >= 11 is 0. The highest BCUT2D eigenvalue weighted by Gasteiger charge is 2.40. The number of nitrogens with one attached hydrogen (secondary N) is 1. The molecule has 0 spiro atoms. The molecule has 1 saturated heterocycles. The van der Waals surface area contributed by atoms with Crippen LogP contribution in [0.5, 0.6) is 0 Å². The van der Waals surface area contributed by atoms with E-state index in [2.05, 4.69) is 28.4 Å². The van der Waals surface area contributed by atoms with Gasteiger partial charge in [0.15, 0.2) is 0 Å². The van der Waals surface area contributed by atoms with Gasteiger partial charge in [-0.15, -0.1) is 0 Å². The fourth-order valence-electron chi connectivity index (χ4n) is 4.50. The first-order valence-electron chi connectivity index (χ1n) is 9.98. The Morgan fingerprint density at radius 2 is 2.19 bits per heavy atom. The highest BCUT2D eigenvalue weighted by molar-refractivity contribution is 5.67. The minimum Gasteiger partial charge on any atom is -0.450 e. The molecule has 1 aliphatic heterocycles. The molecule has 1 saturated carbocycles. The van der Waals surface area contributed by atoms with Crippen molar-refractivity contribution in [2.45, 2.75) is 63.1 Å². The molecule has 3 N–H and O–H groups in total. The van der Waals surface area contributed by atoms with Crippen LogP contribution in [-0.2, 0) is 16.7 Å². The van der Waals surface area contributed by atoms with Gasteiger partial charge in [-0.2, -0.15) is 5.26 Å². The molecular weight excluding hydrogens is 340 g/mol. The predicted molar refractivity (Wildman–Crippen MR) is 104 cm³/mol.